The van der Waals surface area contributed by atoms with Crippen molar-refractivity contribution in [3.8, 4) is 0 Å². The van der Waals surface area contributed by atoms with Crippen LogP contribution in [0.5, 0.6) is 0 Å². The van der Waals surface area contributed by atoms with Crippen LogP contribution in [0, 0.1) is 0 Å². The zero-order chi connectivity index (χ0) is 13.3. The maximum absolute atomic E-state index is 10.9. The molecular weight excluding hydrogens is 226 g/mol. The van der Waals surface area contributed by atoms with Crippen LogP contribution in [-0.2, 0) is 5.60 Å². The Hall–Kier alpha value is -0.940. The van der Waals surface area contributed by atoms with Crippen molar-refractivity contribution in [1.29, 1.82) is 0 Å². The fourth-order valence-electron chi connectivity index (χ4n) is 3.08. The van der Waals surface area contributed by atoms with Gasteiger partial charge in [0.1, 0.15) is 5.60 Å². The molecule has 1 aromatic rings. The third-order valence-electron chi connectivity index (χ3n) is 3.62. The monoisotopic (exact) mass is 249 g/mol. The van der Waals surface area contributed by atoms with Gasteiger partial charge in [-0.1, -0.05) is 30.3 Å². The van der Waals surface area contributed by atoms with E-state index in [9.17, 15) is 5.11 Å². The summed E-state index contributed by atoms with van der Waals surface area (Å²) in [6, 6.07) is 9.89. The van der Waals surface area contributed by atoms with Gasteiger partial charge in [-0.2, -0.15) is 0 Å². The highest BCUT2D eigenvalue weighted by Gasteiger charge is 2.41. The largest absolute Gasteiger partial charge is 0.382 e. The van der Waals surface area contributed by atoms with Gasteiger partial charge in [-0.3, -0.25) is 14.7 Å². The van der Waals surface area contributed by atoms with Crippen molar-refractivity contribution < 1.29 is 5.11 Å². The van der Waals surface area contributed by atoms with Crippen molar-refractivity contribution >= 4 is 0 Å². The van der Waals surface area contributed by atoms with E-state index in [0.717, 1.165) is 18.9 Å². The molecule has 1 saturated heterocycles. The predicted octanol–water partition coefficient (Wildman–Crippen LogP) is 0.944. The highest BCUT2D eigenvalue weighted by atomic mass is 16.3. The Labute approximate surface area is 109 Å². The van der Waals surface area contributed by atoms with Gasteiger partial charge in [-0.25, -0.2) is 0 Å². The molecule has 4 heteroatoms. The Kier molecular flexibility index (Phi) is 3.73. The maximum Gasteiger partial charge on any atom is 0.116 e. The molecule has 1 aliphatic rings. The van der Waals surface area contributed by atoms with Gasteiger partial charge in [0.05, 0.1) is 19.5 Å². The lowest BCUT2D eigenvalue weighted by atomic mass is 9.91. The molecule has 1 aromatic carbocycles. The zero-order valence-electron chi connectivity index (χ0n) is 11.7. The van der Waals surface area contributed by atoms with Gasteiger partial charge in [0.15, 0.2) is 0 Å². The summed E-state index contributed by atoms with van der Waals surface area (Å²) >= 11 is 0. The van der Waals surface area contributed by atoms with Crippen molar-refractivity contribution in [2.45, 2.75) is 18.7 Å². The summed E-state index contributed by atoms with van der Waals surface area (Å²) in [5, 5.41) is 10.9. The van der Waals surface area contributed by atoms with Crippen LogP contribution in [-0.4, -0.2) is 60.5 Å². The van der Waals surface area contributed by atoms with Crippen LogP contribution in [0.4, 0.5) is 0 Å². The maximum atomic E-state index is 10.9. The van der Waals surface area contributed by atoms with Crippen molar-refractivity contribution in [2.24, 2.45) is 0 Å². The topological polar surface area (TPSA) is 30.0 Å². The molecule has 0 radical (unpaired) electrons. The molecule has 4 nitrogen and oxygen atoms in total. The molecule has 0 aromatic heterocycles. The van der Waals surface area contributed by atoms with Gasteiger partial charge in [-0.15, -0.1) is 0 Å². The van der Waals surface area contributed by atoms with E-state index < -0.39 is 5.60 Å². The van der Waals surface area contributed by atoms with Crippen LogP contribution >= 0.6 is 0 Å². The molecule has 1 fully saturated rings. The van der Waals surface area contributed by atoms with Crippen LogP contribution < -0.4 is 0 Å². The third-order valence-corrected chi connectivity index (χ3v) is 3.62. The highest BCUT2D eigenvalue weighted by molar-refractivity contribution is 5.23. The van der Waals surface area contributed by atoms with Crippen molar-refractivity contribution in [2.75, 3.05) is 34.5 Å². The second-order valence-corrected chi connectivity index (χ2v) is 5.54. The van der Waals surface area contributed by atoms with Crippen LogP contribution in [0.2, 0.25) is 0 Å². The van der Waals surface area contributed by atoms with E-state index >= 15 is 0 Å². The molecule has 1 atom stereocenters. The smallest absolute Gasteiger partial charge is 0.116 e. The van der Waals surface area contributed by atoms with E-state index in [0.29, 0.717) is 0 Å². The normalized spacial score (nSPS) is 24.1. The Balaban J connectivity index is 2.29. The fraction of sp³-hybridized carbons (Fsp3) is 0.571. The minimum Gasteiger partial charge on any atom is -0.382 e. The standard InChI is InChI=1S/C14H23N3O/c1-14(18,12-8-6-5-7-9-12)13-16(3)10-15(2)11-17(13)4/h5-9,13,18H,10-11H2,1-4H3. The van der Waals surface area contributed by atoms with Gasteiger partial charge in [0, 0.05) is 0 Å². The number of hydrogen-bond acceptors (Lipinski definition) is 4. The summed E-state index contributed by atoms with van der Waals surface area (Å²) in [7, 11) is 6.18. The first-order valence-corrected chi connectivity index (χ1v) is 6.30. The Morgan fingerprint density at radius 2 is 1.56 bits per heavy atom. The van der Waals surface area contributed by atoms with Gasteiger partial charge in [0.25, 0.3) is 0 Å². The molecule has 0 amide bonds. The first kappa shape index (κ1) is 13.5. The quantitative estimate of drug-likeness (QED) is 0.845. The molecular formula is C14H23N3O. The lowest BCUT2D eigenvalue weighted by Gasteiger charge is -2.50. The van der Waals surface area contributed by atoms with E-state index in [4.69, 9.17) is 0 Å². The zero-order valence-corrected chi connectivity index (χ0v) is 11.7. The average molecular weight is 249 g/mol. The first-order valence-electron chi connectivity index (χ1n) is 6.30. The highest BCUT2D eigenvalue weighted by Crippen LogP contribution is 2.30. The molecule has 1 N–H and O–H groups in total. The number of hydrogen-bond donors (Lipinski definition) is 1. The molecule has 1 heterocycles. The van der Waals surface area contributed by atoms with Crippen LogP contribution in [0.15, 0.2) is 30.3 Å². The predicted molar refractivity (Wildman–Crippen MR) is 72.8 cm³/mol. The summed E-state index contributed by atoms with van der Waals surface area (Å²) in [5.74, 6) is 0. The minimum absolute atomic E-state index is 0.0175. The van der Waals surface area contributed by atoms with E-state index in [1.54, 1.807) is 0 Å². The number of benzene rings is 1. The molecule has 0 spiro atoms. The molecule has 0 bridgehead atoms. The second kappa shape index (κ2) is 4.97. The molecule has 2 rings (SSSR count). The molecule has 0 aliphatic carbocycles. The minimum atomic E-state index is -0.883. The summed E-state index contributed by atoms with van der Waals surface area (Å²) in [6.45, 7) is 3.61. The van der Waals surface area contributed by atoms with Crippen LogP contribution in [0.25, 0.3) is 0 Å². The number of rotatable bonds is 2. The van der Waals surface area contributed by atoms with E-state index in [2.05, 4.69) is 21.7 Å². The molecule has 18 heavy (non-hydrogen) atoms. The average Bonchev–Trinajstić information content (AvgIpc) is 2.28. The van der Waals surface area contributed by atoms with E-state index in [1.165, 1.54) is 0 Å². The number of aliphatic hydroxyl groups is 1. The Bertz CT molecular complexity index is 381. The van der Waals surface area contributed by atoms with E-state index in [-0.39, 0.29) is 6.17 Å². The van der Waals surface area contributed by atoms with Gasteiger partial charge in [0.2, 0.25) is 0 Å². The summed E-state index contributed by atoms with van der Waals surface area (Å²) in [4.78, 5) is 6.57. The SMILES string of the molecule is CN1CN(C)C(C(C)(O)c2ccccc2)N(C)C1. The number of likely N-dealkylation sites (N-methyl/N-ethyl adjacent to an activating group) is 2. The van der Waals surface area contributed by atoms with Gasteiger partial charge < -0.3 is 5.11 Å². The second-order valence-electron chi connectivity index (χ2n) is 5.54. The van der Waals surface area contributed by atoms with E-state index in [1.807, 2.05) is 51.4 Å². The molecule has 1 unspecified atom stereocenters. The fourth-order valence-corrected chi connectivity index (χ4v) is 3.08. The summed E-state index contributed by atoms with van der Waals surface area (Å²) < 4.78 is 0. The lowest BCUT2D eigenvalue weighted by molar-refractivity contribution is -0.150. The Morgan fingerprint density at radius 3 is 2.06 bits per heavy atom. The van der Waals surface area contributed by atoms with Crippen molar-refractivity contribution in [3.05, 3.63) is 35.9 Å². The lowest BCUT2D eigenvalue weighted by Crippen LogP contribution is -2.64. The molecule has 100 valence electrons. The summed E-state index contributed by atoms with van der Waals surface area (Å²) in [5.41, 5.74) is 0.0738. The first-order chi connectivity index (χ1) is 8.43. The van der Waals surface area contributed by atoms with Gasteiger partial charge in [-0.05, 0) is 33.6 Å². The van der Waals surface area contributed by atoms with Crippen LogP contribution in [0.3, 0.4) is 0 Å². The summed E-state index contributed by atoms with van der Waals surface area (Å²) in [6.07, 6.45) is -0.0175. The van der Waals surface area contributed by atoms with Gasteiger partial charge >= 0.3 is 0 Å². The third kappa shape index (κ3) is 2.42. The number of nitrogens with zero attached hydrogens (tertiary/aromatic N) is 3. The Morgan fingerprint density at radius 1 is 1.06 bits per heavy atom. The van der Waals surface area contributed by atoms with Crippen molar-refractivity contribution in [3.63, 3.8) is 0 Å². The van der Waals surface area contributed by atoms with Crippen LogP contribution in [0.1, 0.15) is 12.5 Å². The molecule has 0 saturated carbocycles. The molecule has 1 aliphatic heterocycles. The van der Waals surface area contributed by atoms with Crippen molar-refractivity contribution in [1.82, 2.24) is 14.7 Å².